The average Bonchev–Trinajstić information content (AvgIpc) is 3.49. The van der Waals surface area contributed by atoms with Gasteiger partial charge in [-0.2, -0.15) is 0 Å². The van der Waals surface area contributed by atoms with Gasteiger partial charge in [-0.05, 0) is 51.6 Å². The van der Waals surface area contributed by atoms with E-state index >= 15 is 0 Å². The van der Waals surface area contributed by atoms with E-state index in [9.17, 15) is 0 Å². The third-order valence-electron chi connectivity index (χ3n) is 10.2. The van der Waals surface area contributed by atoms with E-state index in [1.54, 1.807) is 0 Å². The van der Waals surface area contributed by atoms with E-state index in [0.717, 1.165) is 50.7 Å². The molecule has 10 rings (SSSR count). The zero-order valence-electron chi connectivity index (χ0n) is 27.1. The Labute approximate surface area is 291 Å². The molecular formula is C47H30N2O. The van der Waals surface area contributed by atoms with Crippen LogP contribution < -0.4 is 4.74 Å². The van der Waals surface area contributed by atoms with Gasteiger partial charge in [0.25, 0.3) is 0 Å². The van der Waals surface area contributed by atoms with Gasteiger partial charge in [-0.15, -0.1) is 0 Å². The lowest BCUT2D eigenvalue weighted by Gasteiger charge is -2.39. The second-order valence-corrected chi connectivity index (χ2v) is 12.9. The van der Waals surface area contributed by atoms with Crippen LogP contribution in [-0.4, -0.2) is 9.97 Å². The van der Waals surface area contributed by atoms with Crippen LogP contribution >= 0.6 is 0 Å². The molecule has 0 N–H and O–H groups in total. The molecule has 0 amide bonds. The van der Waals surface area contributed by atoms with Crippen molar-refractivity contribution in [3.8, 4) is 67.7 Å². The number of rotatable bonds is 4. The summed E-state index contributed by atoms with van der Waals surface area (Å²) in [7, 11) is 0. The first-order chi connectivity index (χ1) is 24.8. The van der Waals surface area contributed by atoms with E-state index in [0.29, 0.717) is 5.82 Å². The molecular weight excluding hydrogens is 609 g/mol. The molecule has 1 aromatic heterocycles. The summed E-state index contributed by atoms with van der Waals surface area (Å²) in [4.78, 5) is 10.3. The van der Waals surface area contributed by atoms with Crippen LogP contribution in [0.2, 0.25) is 0 Å². The van der Waals surface area contributed by atoms with Crippen molar-refractivity contribution in [1.29, 1.82) is 0 Å². The van der Waals surface area contributed by atoms with Gasteiger partial charge in [0.1, 0.15) is 11.5 Å². The topological polar surface area (TPSA) is 35.0 Å². The van der Waals surface area contributed by atoms with Gasteiger partial charge in [0.15, 0.2) is 5.82 Å². The van der Waals surface area contributed by atoms with E-state index in [1.165, 1.54) is 33.4 Å². The molecule has 0 saturated heterocycles. The second kappa shape index (κ2) is 11.3. The van der Waals surface area contributed by atoms with Crippen molar-refractivity contribution in [2.24, 2.45) is 0 Å². The maximum absolute atomic E-state index is 6.79. The summed E-state index contributed by atoms with van der Waals surface area (Å²) in [5.74, 6) is 2.33. The molecule has 0 radical (unpaired) electrons. The fourth-order valence-corrected chi connectivity index (χ4v) is 7.95. The summed E-state index contributed by atoms with van der Waals surface area (Å²) in [6.45, 7) is 0. The minimum Gasteiger partial charge on any atom is -0.457 e. The minimum atomic E-state index is -0.506. The van der Waals surface area contributed by atoms with Crippen molar-refractivity contribution in [3.05, 3.63) is 204 Å². The Hall–Kier alpha value is -6.58. The van der Waals surface area contributed by atoms with Crippen molar-refractivity contribution in [3.63, 3.8) is 0 Å². The normalized spacial score (nSPS) is 13.1. The number of ether oxygens (including phenoxy) is 1. The molecule has 0 unspecified atom stereocenters. The van der Waals surface area contributed by atoms with Crippen LogP contribution in [0, 0.1) is 0 Å². The molecule has 7 aromatic carbocycles. The van der Waals surface area contributed by atoms with Crippen LogP contribution in [0.4, 0.5) is 0 Å². The summed E-state index contributed by atoms with van der Waals surface area (Å²) < 4.78 is 6.79. The molecule has 3 nitrogen and oxygen atoms in total. The molecule has 1 aliphatic heterocycles. The van der Waals surface area contributed by atoms with Crippen LogP contribution in [0.15, 0.2) is 182 Å². The Morgan fingerprint density at radius 2 is 0.800 bits per heavy atom. The molecule has 234 valence electrons. The largest absolute Gasteiger partial charge is 0.457 e. The number of aromatic nitrogens is 2. The van der Waals surface area contributed by atoms with Crippen molar-refractivity contribution >= 4 is 0 Å². The fraction of sp³-hybridized carbons (Fsp3) is 0.0213. The lowest BCUT2D eigenvalue weighted by atomic mass is 9.66. The summed E-state index contributed by atoms with van der Waals surface area (Å²) in [6, 6.07) is 64.1. The van der Waals surface area contributed by atoms with Crippen LogP contribution in [0.25, 0.3) is 56.2 Å². The minimum absolute atomic E-state index is 0.506. The van der Waals surface area contributed by atoms with Gasteiger partial charge in [0, 0.05) is 27.8 Å². The lowest BCUT2D eigenvalue weighted by molar-refractivity contribution is 0.436. The number of fused-ring (bicyclic) bond motifs is 9. The molecule has 0 saturated carbocycles. The zero-order chi connectivity index (χ0) is 33.1. The molecule has 50 heavy (non-hydrogen) atoms. The van der Waals surface area contributed by atoms with Crippen LogP contribution in [0.5, 0.6) is 11.5 Å². The van der Waals surface area contributed by atoms with Crippen LogP contribution in [0.3, 0.4) is 0 Å². The quantitative estimate of drug-likeness (QED) is 0.192. The smallest absolute Gasteiger partial charge is 0.160 e. The molecule has 0 atom stereocenters. The predicted molar refractivity (Wildman–Crippen MR) is 201 cm³/mol. The Balaban J connectivity index is 1.15. The zero-order valence-corrected chi connectivity index (χ0v) is 27.1. The molecule has 0 bridgehead atoms. The number of benzene rings is 7. The Kier molecular flexibility index (Phi) is 6.40. The number of nitrogens with zero attached hydrogens (tertiary/aromatic N) is 2. The van der Waals surface area contributed by atoms with E-state index < -0.39 is 5.41 Å². The summed E-state index contributed by atoms with van der Waals surface area (Å²) in [6.07, 6.45) is 0. The Morgan fingerprint density at radius 3 is 1.46 bits per heavy atom. The van der Waals surface area contributed by atoms with Gasteiger partial charge in [-0.25, -0.2) is 9.97 Å². The number of hydrogen-bond acceptors (Lipinski definition) is 3. The number of hydrogen-bond donors (Lipinski definition) is 0. The first-order valence-corrected chi connectivity index (χ1v) is 17.0. The Bertz CT molecular complexity index is 2510. The van der Waals surface area contributed by atoms with E-state index in [2.05, 4.69) is 158 Å². The van der Waals surface area contributed by atoms with Gasteiger partial charge < -0.3 is 4.74 Å². The molecule has 1 spiro atoms. The van der Waals surface area contributed by atoms with Crippen LogP contribution in [-0.2, 0) is 5.41 Å². The van der Waals surface area contributed by atoms with Crippen molar-refractivity contribution in [2.75, 3.05) is 0 Å². The van der Waals surface area contributed by atoms with Crippen molar-refractivity contribution in [2.45, 2.75) is 5.41 Å². The SMILES string of the molecule is c1ccc(-c2ccc(-c3cc(-c4ccccc4)nc(-c4ccc5c(c4)Oc4ccccc4C54c5ccccc5-c5ccccc54)n3)cc2)cc1. The maximum Gasteiger partial charge on any atom is 0.160 e. The highest BCUT2D eigenvalue weighted by Crippen LogP contribution is 2.62. The van der Waals surface area contributed by atoms with Gasteiger partial charge in [-0.3, -0.25) is 0 Å². The van der Waals surface area contributed by atoms with E-state index in [-0.39, 0.29) is 0 Å². The van der Waals surface area contributed by atoms with E-state index in [1.807, 2.05) is 24.3 Å². The first-order valence-electron chi connectivity index (χ1n) is 17.0. The van der Waals surface area contributed by atoms with E-state index in [4.69, 9.17) is 14.7 Å². The molecule has 2 heterocycles. The standard InChI is InChI=1S/C47H30N2O/c1-3-13-31(14-4-1)32-23-25-34(26-24-32)43-30-42(33-15-5-2-6-16-33)48-46(49-43)35-27-28-41-45(29-35)50-44-22-12-11-21-40(44)47(41)38-19-9-7-17-36(38)37-18-8-10-20-39(37)47/h1-30H. The number of para-hydroxylation sites is 1. The summed E-state index contributed by atoms with van der Waals surface area (Å²) in [5.41, 5.74) is 13.9. The molecule has 2 aliphatic rings. The van der Waals surface area contributed by atoms with Crippen molar-refractivity contribution in [1.82, 2.24) is 9.97 Å². The van der Waals surface area contributed by atoms with Crippen LogP contribution in [0.1, 0.15) is 22.3 Å². The van der Waals surface area contributed by atoms with Gasteiger partial charge in [0.2, 0.25) is 0 Å². The van der Waals surface area contributed by atoms with Gasteiger partial charge in [0.05, 0.1) is 16.8 Å². The summed E-state index contributed by atoms with van der Waals surface area (Å²) in [5, 5.41) is 0. The highest BCUT2D eigenvalue weighted by molar-refractivity contribution is 5.89. The third-order valence-corrected chi connectivity index (χ3v) is 10.2. The lowest BCUT2D eigenvalue weighted by Crippen LogP contribution is -2.32. The van der Waals surface area contributed by atoms with Gasteiger partial charge in [-0.1, -0.05) is 164 Å². The van der Waals surface area contributed by atoms with Gasteiger partial charge >= 0.3 is 0 Å². The molecule has 8 aromatic rings. The maximum atomic E-state index is 6.79. The summed E-state index contributed by atoms with van der Waals surface area (Å²) >= 11 is 0. The third kappa shape index (κ3) is 4.30. The van der Waals surface area contributed by atoms with Crippen molar-refractivity contribution < 1.29 is 4.74 Å². The highest BCUT2D eigenvalue weighted by Gasteiger charge is 2.50. The average molecular weight is 639 g/mol. The Morgan fingerprint density at radius 1 is 0.340 bits per heavy atom. The fourth-order valence-electron chi connectivity index (χ4n) is 7.95. The molecule has 1 aliphatic carbocycles. The first kappa shape index (κ1) is 28.4. The predicted octanol–water partition coefficient (Wildman–Crippen LogP) is 11.6. The molecule has 0 fully saturated rings. The molecule has 3 heteroatoms. The second-order valence-electron chi connectivity index (χ2n) is 12.9. The monoisotopic (exact) mass is 638 g/mol. The highest BCUT2D eigenvalue weighted by atomic mass is 16.5.